The van der Waals surface area contributed by atoms with Gasteiger partial charge in [-0.05, 0) is 24.3 Å². The normalized spacial score (nSPS) is 9.78. The minimum atomic E-state index is -0.691. The van der Waals surface area contributed by atoms with Crippen LogP contribution < -0.4 is 5.46 Å². The van der Waals surface area contributed by atoms with Gasteiger partial charge in [-0.15, -0.1) is 0 Å². The quantitative estimate of drug-likeness (QED) is 0.450. The molecule has 3 nitrogen and oxygen atoms in total. The lowest BCUT2D eigenvalue weighted by atomic mass is 9.95. The van der Waals surface area contributed by atoms with Crippen LogP contribution >= 0.6 is 0 Å². The van der Waals surface area contributed by atoms with Crippen molar-refractivity contribution < 1.29 is 14.3 Å². The number of hydrogen-bond donors (Lipinski definition) is 0. The fourth-order valence-corrected chi connectivity index (χ4v) is 1.40. The summed E-state index contributed by atoms with van der Waals surface area (Å²) in [5.41, 5.74) is 1.16. The Bertz CT molecular complexity index is 561. The van der Waals surface area contributed by atoms with Crippen molar-refractivity contribution in [1.29, 1.82) is 0 Å². The molecule has 2 rings (SSSR count). The van der Waals surface area contributed by atoms with Gasteiger partial charge in [-0.25, -0.2) is 9.59 Å². The Hall–Kier alpha value is -2.36. The first-order valence-electron chi connectivity index (χ1n) is 5.34. The molecule has 2 radical (unpaired) electrons. The summed E-state index contributed by atoms with van der Waals surface area (Å²) in [6, 6.07) is 14.5. The average molecular weight is 236 g/mol. The van der Waals surface area contributed by atoms with Crippen molar-refractivity contribution in [3.8, 4) is 0 Å². The number of ether oxygens (including phenoxy) is 1. The minimum Gasteiger partial charge on any atom is -0.386 e. The van der Waals surface area contributed by atoms with E-state index in [0.717, 1.165) is 0 Å². The van der Waals surface area contributed by atoms with Crippen molar-refractivity contribution in [2.75, 3.05) is 0 Å². The summed E-state index contributed by atoms with van der Waals surface area (Å²) in [6.07, 6.45) is 0. The van der Waals surface area contributed by atoms with E-state index in [9.17, 15) is 9.59 Å². The third kappa shape index (κ3) is 2.85. The predicted molar refractivity (Wildman–Crippen MR) is 68.0 cm³/mol. The lowest BCUT2D eigenvalue weighted by Gasteiger charge is -2.03. The number of carbonyl (C=O) groups is 2. The van der Waals surface area contributed by atoms with Crippen LogP contribution in [-0.2, 0) is 4.74 Å². The minimum absolute atomic E-state index is 0.286. The SMILES string of the molecule is [B]c1ccc(C(=O)OC(=O)c2ccccc2)cc1. The van der Waals surface area contributed by atoms with Gasteiger partial charge in [-0.1, -0.05) is 35.8 Å². The highest BCUT2D eigenvalue weighted by Gasteiger charge is 2.13. The molecular weight excluding hydrogens is 227 g/mol. The van der Waals surface area contributed by atoms with E-state index >= 15 is 0 Å². The molecule has 0 fully saturated rings. The van der Waals surface area contributed by atoms with Crippen LogP contribution in [0.25, 0.3) is 0 Å². The third-order valence-corrected chi connectivity index (χ3v) is 2.34. The van der Waals surface area contributed by atoms with E-state index in [2.05, 4.69) is 0 Å². The van der Waals surface area contributed by atoms with Gasteiger partial charge in [0.1, 0.15) is 7.85 Å². The summed E-state index contributed by atoms with van der Waals surface area (Å²) in [6.45, 7) is 0. The van der Waals surface area contributed by atoms with Gasteiger partial charge in [0.25, 0.3) is 0 Å². The highest BCUT2D eigenvalue weighted by Crippen LogP contribution is 2.05. The first-order valence-corrected chi connectivity index (χ1v) is 5.34. The molecule has 0 aliphatic heterocycles. The van der Waals surface area contributed by atoms with Crippen LogP contribution in [0.3, 0.4) is 0 Å². The van der Waals surface area contributed by atoms with Crippen molar-refractivity contribution in [2.24, 2.45) is 0 Å². The molecule has 0 amide bonds. The summed E-state index contributed by atoms with van der Waals surface area (Å²) >= 11 is 0. The molecule has 86 valence electrons. The van der Waals surface area contributed by atoms with Gasteiger partial charge < -0.3 is 4.74 Å². The molecule has 0 atom stereocenters. The Morgan fingerprint density at radius 2 is 1.28 bits per heavy atom. The highest BCUT2D eigenvalue weighted by atomic mass is 16.6. The first-order chi connectivity index (χ1) is 8.66. The molecule has 0 N–H and O–H groups in total. The molecule has 0 aliphatic rings. The molecule has 0 aliphatic carbocycles. The first kappa shape index (κ1) is 12.1. The van der Waals surface area contributed by atoms with E-state index in [-0.39, 0.29) is 5.56 Å². The van der Waals surface area contributed by atoms with Crippen molar-refractivity contribution >= 4 is 25.2 Å². The van der Waals surface area contributed by atoms with Gasteiger partial charge >= 0.3 is 11.9 Å². The largest absolute Gasteiger partial charge is 0.386 e. The van der Waals surface area contributed by atoms with E-state index in [1.165, 1.54) is 12.1 Å². The van der Waals surface area contributed by atoms with Crippen LogP contribution in [0.1, 0.15) is 20.7 Å². The van der Waals surface area contributed by atoms with Crippen LogP contribution in [-0.4, -0.2) is 19.8 Å². The average Bonchev–Trinajstić information content (AvgIpc) is 2.40. The van der Waals surface area contributed by atoms with Crippen LogP contribution in [0.4, 0.5) is 0 Å². The summed E-state index contributed by atoms with van der Waals surface area (Å²) in [7, 11) is 5.50. The second-order valence-electron chi connectivity index (χ2n) is 3.67. The maximum Gasteiger partial charge on any atom is 0.346 e. The zero-order chi connectivity index (χ0) is 13.0. The van der Waals surface area contributed by atoms with E-state index in [1.807, 2.05) is 0 Å². The van der Waals surface area contributed by atoms with Crippen LogP contribution in [0, 0.1) is 0 Å². The van der Waals surface area contributed by atoms with E-state index in [4.69, 9.17) is 12.6 Å². The zero-order valence-electron chi connectivity index (χ0n) is 9.50. The van der Waals surface area contributed by atoms with E-state index < -0.39 is 11.9 Å². The molecule has 0 saturated heterocycles. The van der Waals surface area contributed by atoms with Crippen molar-refractivity contribution in [1.82, 2.24) is 0 Å². The molecule has 0 spiro atoms. The summed E-state index contributed by atoms with van der Waals surface area (Å²) in [4.78, 5) is 23.3. The number of benzene rings is 2. The molecule has 0 heterocycles. The van der Waals surface area contributed by atoms with Gasteiger partial charge in [0.15, 0.2) is 0 Å². The van der Waals surface area contributed by atoms with Crippen molar-refractivity contribution in [3.05, 3.63) is 65.7 Å². The van der Waals surface area contributed by atoms with Gasteiger partial charge in [-0.2, -0.15) is 0 Å². The van der Waals surface area contributed by atoms with E-state index in [1.54, 1.807) is 42.5 Å². The fourth-order valence-electron chi connectivity index (χ4n) is 1.40. The Kier molecular flexibility index (Phi) is 3.58. The molecule has 2 aromatic carbocycles. The molecular formula is C14H9BO3. The summed E-state index contributed by atoms with van der Waals surface area (Å²) in [5.74, 6) is -1.36. The zero-order valence-corrected chi connectivity index (χ0v) is 9.50. The van der Waals surface area contributed by atoms with Gasteiger partial charge in [-0.3, -0.25) is 0 Å². The van der Waals surface area contributed by atoms with Gasteiger partial charge in [0.05, 0.1) is 11.1 Å². The Labute approximate surface area is 106 Å². The predicted octanol–water partition coefficient (Wildman–Crippen LogP) is 1.48. The van der Waals surface area contributed by atoms with Crippen LogP contribution in [0.5, 0.6) is 0 Å². The summed E-state index contributed by atoms with van der Waals surface area (Å²) < 4.78 is 4.74. The molecule has 2 aromatic rings. The van der Waals surface area contributed by atoms with Crippen LogP contribution in [0.15, 0.2) is 54.6 Å². The molecule has 18 heavy (non-hydrogen) atoms. The van der Waals surface area contributed by atoms with Gasteiger partial charge in [0, 0.05) is 0 Å². The molecule has 0 saturated carbocycles. The smallest absolute Gasteiger partial charge is 0.346 e. The topological polar surface area (TPSA) is 43.4 Å². The molecule has 0 aromatic heterocycles. The standard InChI is InChI=1S/C14H9BO3/c15-12-8-6-11(7-9-12)14(17)18-13(16)10-4-2-1-3-5-10/h1-9H. The van der Waals surface area contributed by atoms with Crippen LogP contribution in [0.2, 0.25) is 0 Å². The molecule has 0 unspecified atom stereocenters. The number of carbonyl (C=O) groups excluding carboxylic acids is 2. The lowest BCUT2D eigenvalue weighted by Crippen LogP contribution is -2.13. The number of rotatable bonds is 2. The number of esters is 2. The maximum atomic E-state index is 11.7. The molecule has 4 heteroatoms. The van der Waals surface area contributed by atoms with Crippen molar-refractivity contribution in [3.63, 3.8) is 0 Å². The third-order valence-electron chi connectivity index (χ3n) is 2.34. The summed E-state index contributed by atoms with van der Waals surface area (Å²) in [5, 5.41) is 0. The van der Waals surface area contributed by atoms with Crippen molar-refractivity contribution in [2.45, 2.75) is 0 Å². The number of hydrogen-bond acceptors (Lipinski definition) is 3. The maximum absolute atomic E-state index is 11.7. The van der Waals surface area contributed by atoms with Gasteiger partial charge in [0.2, 0.25) is 0 Å². The Balaban J connectivity index is 2.08. The monoisotopic (exact) mass is 236 g/mol. The molecule has 0 bridgehead atoms. The Morgan fingerprint density at radius 1 is 0.778 bits per heavy atom. The lowest BCUT2D eigenvalue weighted by molar-refractivity contribution is 0.0398. The highest BCUT2D eigenvalue weighted by molar-refractivity contribution is 6.32. The fraction of sp³-hybridized carbons (Fsp3) is 0. The Morgan fingerprint density at radius 3 is 1.83 bits per heavy atom. The van der Waals surface area contributed by atoms with E-state index in [0.29, 0.717) is 11.0 Å². The second kappa shape index (κ2) is 5.32. The second-order valence-corrected chi connectivity index (χ2v) is 3.67.